The minimum absolute atomic E-state index is 0.0993. The monoisotopic (exact) mass is 342 g/mol. The summed E-state index contributed by atoms with van der Waals surface area (Å²) in [5.74, 6) is 0.214. The van der Waals surface area contributed by atoms with Crippen molar-refractivity contribution in [2.45, 2.75) is 33.1 Å². The zero-order chi connectivity index (χ0) is 18.1. The number of carbonyl (C=O) groups excluding carboxylic acids is 1. The Morgan fingerprint density at radius 3 is 2.72 bits per heavy atom. The highest BCUT2D eigenvalue weighted by atomic mass is 19.1. The van der Waals surface area contributed by atoms with Gasteiger partial charge in [0.25, 0.3) is 5.91 Å². The first-order valence-corrected chi connectivity index (χ1v) is 8.54. The highest BCUT2D eigenvalue weighted by Crippen LogP contribution is 2.33. The van der Waals surface area contributed by atoms with Crippen molar-refractivity contribution in [1.82, 2.24) is 9.97 Å². The van der Waals surface area contributed by atoms with Crippen LogP contribution in [0.15, 0.2) is 24.4 Å². The predicted octanol–water partition coefficient (Wildman–Crippen LogP) is 3.53. The number of amides is 1. The third-order valence-corrected chi connectivity index (χ3v) is 4.48. The second-order valence-corrected chi connectivity index (χ2v) is 6.74. The summed E-state index contributed by atoms with van der Waals surface area (Å²) in [5.41, 5.74) is 2.67. The molecule has 0 spiro atoms. The Labute approximate surface area is 147 Å². The third kappa shape index (κ3) is 3.34. The van der Waals surface area contributed by atoms with Crippen LogP contribution in [-0.2, 0) is 0 Å². The Bertz CT molecular complexity index is 806. The van der Waals surface area contributed by atoms with E-state index in [1.54, 1.807) is 17.2 Å². The third-order valence-electron chi connectivity index (χ3n) is 4.48. The number of benzene rings is 1. The summed E-state index contributed by atoms with van der Waals surface area (Å²) in [6.07, 6.45) is 2.40. The van der Waals surface area contributed by atoms with E-state index >= 15 is 0 Å². The first-order chi connectivity index (χ1) is 11.9. The van der Waals surface area contributed by atoms with Gasteiger partial charge in [-0.3, -0.25) is 4.79 Å². The standard InChI is InChI=1S/C19H23FN4O/c1-12(2)18-15(11-21-13(3)22-18)19(25)24-9-5-8-23(4)16-7-6-14(20)10-17(16)24/h6-7,10-12H,5,8-9H2,1-4H3. The number of carbonyl (C=O) groups is 1. The summed E-state index contributed by atoms with van der Waals surface area (Å²) >= 11 is 0. The minimum Gasteiger partial charge on any atom is -0.373 e. The topological polar surface area (TPSA) is 49.3 Å². The fourth-order valence-electron chi connectivity index (χ4n) is 3.19. The van der Waals surface area contributed by atoms with Gasteiger partial charge in [0.05, 0.1) is 22.6 Å². The molecular weight excluding hydrogens is 319 g/mol. The van der Waals surface area contributed by atoms with E-state index in [1.807, 2.05) is 27.8 Å². The van der Waals surface area contributed by atoms with Gasteiger partial charge < -0.3 is 9.80 Å². The Balaban J connectivity index is 2.09. The lowest BCUT2D eigenvalue weighted by Crippen LogP contribution is -2.33. The van der Waals surface area contributed by atoms with Crippen LogP contribution in [-0.4, -0.2) is 36.0 Å². The van der Waals surface area contributed by atoms with Crippen molar-refractivity contribution in [3.05, 3.63) is 47.3 Å². The highest BCUT2D eigenvalue weighted by molar-refractivity contribution is 6.08. The Hall–Kier alpha value is -2.50. The van der Waals surface area contributed by atoms with Gasteiger partial charge in [0.2, 0.25) is 0 Å². The molecule has 0 radical (unpaired) electrons. The summed E-state index contributed by atoms with van der Waals surface area (Å²) in [6, 6.07) is 4.59. The molecule has 6 heteroatoms. The molecule has 5 nitrogen and oxygen atoms in total. The number of aromatic nitrogens is 2. The maximum atomic E-state index is 13.9. The second kappa shape index (κ2) is 6.78. The summed E-state index contributed by atoms with van der Waals surface area (Å²) in [4.78, 5) is 25.6. The smallest absolute Gasteiger partial charge is 0.261 e. The van der Waals surface area contributed by atoms with Gasteiger partial charge in [-0.05, 0) is 37.5 Å². The lowest BCUT2D eigenvalue weighted by Gasteiger charge is -2.25. The van der Waals surface area contributed by atoms with Crippen molar-refractivity contribution in [3.63, 3.8) is 0 Å². The number of fused-ring (bicyclic) bond motifs is 1. The lowest BCUT2D eigenvalue weighted by atomic mass is 10.0. The van der Waals surface area contributed by atoms with Crippen LogP contribution < -0.4 is 9.80 Å². The number of hydrogen-bond donors (Lipinski definition) is 0. The zero-order valence-corrected chi connectivity index (χ0v) is 15.1. The maximum absolute atomic E-state index is 13.9. The summed E-state index contributed by atoms with van der Waals surface area (Å²) < 4.78 is 13.9. The zero-order valence-electron chi connectivity index (χ0n) is 15.1. The van der Waals surface area contributed by atoms with Crippen molar-refractivity contribution in [2.24, 2.45) is 0 Å². The van der Waals surface area contributed by atoms with Gasteiger partial charge in [-0.15, -0.1) is 0 Å². The molecule has 3 rings (SSSR count). The molecule has 1 aromatic heterocycles. The molecule has 1 aliphatic rings. The molecular formula is C19H23FN4O. The molecule has 0 aliphatic carbocycles. The maximum Gasteiger partial charge on any atom is 0.261 e. The van der Waals surface area contributed by atoms with E-state index in [4.69, 9.17) is 0 Å². The first kappa shape index (κ1) is 17.3. The molecule has 2 heterocycles. The second-order valence-electron chi connectivity index (χ2n) is 6.74. The Morgan fingerprint density at radius 1 is 1.24 bits per heavy atom. The van der Waals surface area contributed by atoms with E-state index in [9.17, 15) is 9.18 Å². The van der Waals surface area contributed by atoms with E-state index in [-0.39, 0.29) is 17.6 Å². The molecule has 2 aromatic rings. The van der Waals surface area contributed by atoms with Crippen LogP contribution >= 0.6 is 0 Å². The van der Waals surface area contributed by atoms with Gasteiger partial charge in [0.1, 0.15) is 11.6 Å². The average molecular weight is 342 g/mol. The molecule has 0 atom stereocenters. The van der Waals surface area contributed by atoms with Crippen LogP contribution in [0, 0.1) is 12.7 Å². The normalized spacial score (nSPS) is 14.5. The minimum atomic E-state index is -0.351. The molecule has 1 aliphatic heterocycles. The van der Waals surface area contributed by atoms with Gasteiger partial charge in [0.15, 0.2) is 0 Å². The van der Waals surface area contributed by atoms with Crippen molar-refractivity contribution < 1.29 is 9.18 Å². The fraction of sp³-hybridized carbons (Fsp3) is 0.421. The average Bonchev–Trinajstić information content (AvgIpc) is 2.73. The van der Waals surface area contributed by atoms with Crippen LogP contribution in [0.5, 0.6) is 0 Å². The summed E-state index contributed by atoms with van der Waals surface area (Å²) in [7, 11) is 1.96. The molecule has 0 saturated carbocycles. The van der Waals surface area contributed by atoms with Crippen LogP contribution in [0.2, 0.25) is 0 Å². The van der Waals surface area contributed by atoms with E-state index in [2.05, 4.69) is 14.9 Å². The molecule has 1 aromatic carbocycles. The number of rotatable bonds is 2. The number of halogens is 1. The van der Waals surface area contributed by atoms with E-state index < -0.39 is 0 Å². The SMILES string of the molecule is Cc1ncc(C(=O)N2CCCN(C)c3ccc(F)cc32)c(C(C)C)n1. The molecule has 132 valence electrons. The summed E-state index contributed by atoms with van der Waals surface area (Å²) in [6.45, 7) is 7.16. The van der Waals surface area contributed by atoms with Gasteiger partial charge in [-0.25, -0.2) is 14.4 Å². The fourth-order valence-corrected chi connectivity index (χ4v) is 3.19. The van der Waals surface area contributed by atoms with E-state index in [1.165, 1.54) is 12.1 Å². The lowest BCUT2D eigenvalue weighted by molar-refractivity contribution is 0.0985. The summed E-state index contributed by atoms with van der Waals surface area (Å²) in [5, 5.41) is 0. The molecule has 0 bridgehead atoms. The number of hydrogen-bond acceptors (Lipinski definition) is 4. The van der Waals surface area contributed by atoms with E-state index in [0.29, 0.717) is 23.6 Å². The van der Waals surface area contributed by atoms with Gasteiger partial charge in [-0.1, -0.05) is 13.8 Å². The number of aryl methyl sites for hydroxylation is 1. The Morgan fingerprint density at radius 2 is 2.00 bits per heavy atom. The van der Waals surface area contributed by atoms with Crippen LogP contribution in [0.25, 0.3) is 0 Å². The Kier molecular flexibility index (Phi) is 4.70. The van der Waals surface area contributed by atoms with Crippen molar-refractivity contribution in [1.29, 1.82) is 0 Å². The molecule has 0 unspecified atom stereocenters. The first-order valence-electron chi connectivity index (χ1n) is 8.54. The predicted molar refractivity (Wildman–Crippen MR) is 96.8 cm³/mol. The number of anilines is 2. The van der Waals surface area contributed by atoms with Crippen LogP contribution in [0.4, 0.5) is 15.8 Å². The van der Waals surface area contributed by atoms with Crippen molar-refractivity contribution in [2.75, 3.05) is 29.9 Å². The van der Waals surface area contributed by atoms with Crippen molar-refractivity contribution in [3.8, 4) is 0 Å². The van der Waals surface area contributed by atoms with E-state index in [0.717, 1.165) is 24.3 Å². The molecule has 0 N–H and O–H groups in total. The highest BCUT2D eigenvalue weighted by Gasteiger charge is 2.27. The van der Waals surface area contributed by atoms with Crippen LogP contribution in [0.1, 0.15) is 48.1 Å². The van der Waals surface area contributed by atoms with Gasteiger partial charge in [0, 0.05) is 26.3 Å². The van der Waals surface area contributed by atoms with Gasteiger partial charge >= 0.3 is 0 Å². The largest absolute Gasteiger partial charge is 0.373 e. The van der Waals surface area contributed by atoms with Gasteiger partial charge in [-0.2, -0.15) is 0 Å². The number of nitrogens with zero attached hydrogens (tertiary/aromatic N) is 4. The molecule has 25 heavy (non-hydrogen) atoms. The quantitative estimate of drug-likeness (QED) is 0.838. The van der Waals surface area contributed by atoms with Crippen LogP contribution in [0.3, 0.4) is 0 Å². The molecule has 1 amide bonds. The molecule has 0 saturated heterocycles. The molecule has 0 fully saturated rings. The van der Waals surface area contributed by atoms with Crippen molar-refractivity contribution >= 4 is 17.3 Å².